The number of unbranched alkanes of at least 4 members (excludes halogenated alkanes) is 2. The maximum absolute atomic E-state index is 12.6. The minimum Gasteiger partial charge on any atom is -0.476 e. The quantitative estimate of drug-likeness (QED) is 0.697. The summed E-state index contributed by atoms with van der Waals surface area (Å²) in [6, 6.07) is 0. The molecule has 0 aliphatic heterocycles. The van der Waals surface area contributed by atoms with Crippen molar-refractivity contribution in [3.8, 4) is 0 Å². The minimum absolute atomic E-state index is 0.0572. The molecule has 0 aromatic heterocycles. The van der Waals surface area contributed by atoms with E-state index in [1.54, 1.807) is 6.92 Å². The van der Waals surface area contributed by atoms with Gasteiger partial charge in [-0.2, -0.15) is 8.78 Å². The van der Waals surface area contributed by atoms with Gasteiger partial charge in [-0.25, -0.2) is 13.2 Å². The molecule has 84 valence electrons. The number of alkyl halides is 2. The molecule has 0 rings (SSSR count). The SMILES string of the molecule is CCCCCS(=O)(=O)C(F)(F)C(=O)O. The summed E-state index contributed by atoms with van der Waals surface area (Å²) in [6.45, 7) is 1.78. The predicted octanol–water partition coefficient (Wildman–Crippen LogP) is 1.27. The van der Waals surface area contributed by atoms with Crippen molar-refractivity contribution in [1.82, 2.24) is 0 Å². The summed E-state index contributed by atoms with van der Waals surface area (Å²) in [4.78, 5) is 9.97. The summed E-state index contributed by atoms with van der Waals surface area (Å²) in [6.07, 6.45) is 1.21. The number of carboxylic acid groups (broad SMARTS) is 1. The van der Waals surface area contributed by atoms with Crippen LogP contribution in [0.5, 0.6) is 0 Å². The molecule has 0 heterocycles. The van der Waals surface area contributed by atoms with Crippen molar-refractivity contribution < 1.29 is 27.1 Å². The Hall–Kier alpha value is -0.720. The Labute approximate surface area is 80.8 Å². The standard InChI is InChI=1S/C7H12F2O4S/c1-2-3-4-5-14(12,13)7(8,9)6(10)11/h2-5H2,1H3,(H,10,11). The molecule has 0 fully saturated rings. The van der Waals surface area contributed by atoms with Crippen LogP contribution in [0.4, 0.5) is 8.78 Å². The molecule has 0 saturated carbocycles. The molecule has 0 unspecified atom stereocenters. The molecule has 4 nitrogen and oxygen atoms in total. The lowest BCUT2D eigenvalue weighted by Gasteiger charge is -2.11. The van der Waals surface area contributed by atoms with Gasteiger partial charge in [0.2, 0.25) is 9.84 Å². The maximum Gasteiger partial charge on any atom is 0.439 e. The van der Waals surface area contributed by atoms with E-state index in [0.717, 1.165) is 0 Å². The van der Waals surface area contributed by atoms with E-state index in [2.05, 4.69) is 0 Å². The molecule has 0 aromatic carbocycles. The van der Waals surface area contributed by atoms with Crippen LogP contribution < -0.4 is 0 Å². The molecular weight excluding hydrogens is 218 g/mol. The molecule has 0 saturated heterocycles. The molecule has 0 aliphatic carbocycles. The first kappa shape index (κ1) is 13.3. The highest BCUT2D eigenvalue weighted by atomic mass is 32.2. The number of sulfone groups is 1. The first-order chi connectivity index (χ1) is 6.25. The van der Waals surface area contributed by atoms with E-state index in [0.29, 0.717) is 12.8 Å². The van der Waals surface area contributed by atoms with Crippen LogP contribution >= 0.6 is 0 Å². The van der Waals surface area contributed by atoms with Crippen LogP contribution in [0.25, 0.3) is 0 Å². The zero-order valence-electron chi connectivity index (χ0n) is 7.66. The molecule has 0 aromatic rings. The Morgan fingerprint density at radius 3 is 2.21 bits per heavy atom. The van der Waals surface area contributed by atoms with Crippen LogP contribution in [0.1, 0.15) is 26.2 Å². The Morgan fingerprint density at radius 1 is 1.36 bits per heavy atom. The average Bonchev–Trinajstić information content (AvgIpc) is 2.04. The van der Waals surface area contributed by atoms with Crippen LogP contribution in [0.15, 0.2) is 0 Å². The first-order valence-electron chi connectivity index (χ1n) is 4.09. The molecule has 1 N–H and O–H groups in total. The van der Waals surface area contributed by atoms with Gasteiger partial charge in [-0.3, -0.25) is 0 Å². The molecule has 0 spiro atoms. The van der Waals surface area contributed by atoms with E-state index in [1.165, 1.54) is 0 Å². The van der Waals surface area contributed by atoms with Crippen LogP contribution in [0.2, 0.25) is 0 Å². The lowest BCUT2D eigenvalue weighted by Crippen LogP contribution is -2.39. The third-order valence-corrected chi connectivity index (χ3v) is 3.44. The number of aliphatic carboxylic acids is 1. The monoisotopic (exact) mass is 230 g/mol. The number of carboxylic acids is 1. The lowest BCUT2D eigenvalue weighted by atomic mass is 10.3. The van der Waals surface area contributed by atoms with Crippen LogP contribution in [-0.2, 0) is 14.6 Å². The molecule has 0 aliphatic rings. The van der Waals surface area contributed by atoms with Gasteiger partial charge in [-0.1, -0.05) is 19.8 Å². The van der Waals surface area contributed by atoms with E-state index < -0.39 is 26.8 Å². The van der Waals surface area contributed by atoms with Crippen LogP contribution in [-0.4, -0.2) is 30.5 Å². The van der Waals surface area contributed by atoms with Gasteiger partial charge >= 0.3 is 11.2 Å². The van der Waals surface area contributed by atoms with Crippen molar-refractivity contribution in [3.63, 3.8) is 0 Å². The van der Waals surface area contributed by atoms with Crippen LogP contribution in [0.3, 0.4) is 0 Å². The average molecular weight is 230 g/mol. The Kier molecular flexibility index (Phi) is 4.44. The number of hydrogen-bond acceptors (Lipinski definition) is 3. The maximum atomic E-state index is 12.6. The van der Waals surface area contributed by atoms with E-state index in [9.17, 15) is 22.0 Å². The number of rotatable bonds is 6. The smallest absolute Gasteiger partial charge is 0.439 e. The summed E-state index contributed by atoms with van der Waals surface area (Å²) in [7, 11) is -4.86. The largest absolute Gasteiger partial charge is 0.476 e. The van der Waals surface area contributed by atoms with Gasteiger partial charge in [-0.05, 0) is 6.42 Å². The number of hydrogen-bond donors (Lipinski definition) is 1. The third-order valence-electron chi connectivity index (χ3n) is 1.66. The molecule has 0 bridgehead atoms. The van der Waals surface area contributed by atoms with E-state index in [4.69, 9.17) is 5.11 Å². The van der Waals surface area contributed by atoms with E-state index in [1.807, 2.05) is 0 Å². The Morgan fingerprint density at radius 2 is 1.86 bits per heavy atom. The molecule has 0 amide bonds. The normalized spacial score (nSPS) is 12.8. The molecule has 14 heavy (non-hydrogen) atoms. The van der Waals surface area contributed by atoms with Gasteiger partial charge in [0.05, 0.1) is 5.75 Å². The highest BCUT2D eigenvalue weighted by Gasteiger charge is 2.52. The zero-order valence-corrected chi connectivity index (χ0v) is 8.48. The van der Waals surface area contributed by atoms with Gasteiger partial charge in [0.15, 0.2) is 0 Å². The summed E-state index contributed by atoms with van der Waals surface area (Å²) >= 11 is 0. The van der Waals surface area contributed by atoms with E-state index in [-0.39, 0.29) is 6.42 Å². The summed E-state index contributed by atoms with van der Waals surface area (Å²) in [5, 5.41) is 3.34. The highest BCUT2D eigenvalue weighted by molar-refractivity contribution is 7.93. The van der Waals surface area contributed by atoms with Crippen LogP contribution in [0, 0.1) is 0 Å². The van der Waals surface area contributed by atoms with Crippen molar-refractivity contribution in [2.75, 3.05) is 5.75 Å². The third kappa shape index (κ3) is 2.90. The minimum atomic E-state index is -4.86. The Balaban J connectivity index is 4.55. The van der Waals surface area contributed by atoms with Crippen molar-refractivity contribution in [3.05, 3.63) is 0 Å². The van der Waals surface area contributed by atoms with Gasteiger partial charge in [0, 0.05) is 0 Å². The second kappa shape index (κ2) is 4.68. The summed E-state index contributed by atoms with van der Waals surface area (Å²) in [5.41, 5.74) is 0. The van der Waals surface area contributed by atoms with Crippen molar-refractivity contribution in [2.24, 2.45) is 0 Å². The fraction of sp³-hybridized carbons (Fsp3) is 0.857. The number of halogens is 2. The molecule has 7 heteroatoms. The zero-order chi connectivity index (χ0) is 11.4. The predicted molar refractivity (Wildman–Crippen MR) is 45.9 cm³/mol. The van der Waals surface area contributed by atoms with Crippen molar-refractivity contribution in [1.29, 1.82) is 0 Å². The first-order valence-corrected chi connectivity index (χ1v) is 5.74. The number of carbonyl (C=O) groups is 1. The summed E-state index contributed by atoms with van der Waals surface area (Å²) < 4.78 is 46.8. The lowest BCUT2D eigenvalue weighted by molar-refractivity contribution is -0.153. The summed E-state index contributed by atoms with van der Waals surface area (Å²) in [5.74, 6) is -3.41. The van der Waals surface area contributed by atoms with Crippen molar-refractivity contribution >= 4 is 15.8 Å². The Bertz CT molecular complexity index is 297. The van der Waals surface area contributed by atoms with Gasteiger partial charge in [-0.15, -0.1) is 0 Å². The topological polar surface area (TPSA) is 71.4 Å². The molecular formula is C7H12F2O4S. The van der Waals surface area contributed by atoms with Gasteiger partial charge in [0.25, 0.3) is 0 Å². The van der Waals surface area contributed by atoms with Crippen molar-refractivity contribution in [2.45, 2.75) is 31.4 Å². The van der Waals surface area contributed by atoms with Gasteiger partial charge in [0.1, 0.15) is 0 Å². The molecule has 0 radical (unpaired) electrons. The highest BCUT2D eigenvalue weighted by Crippen LogP contribution is 2.23. The second-order valence-corrected chi connectivity index (χ2v) is 5.00. The fourth-order valence-electron chi connectivity index (χ4n) is 0.803. The van der Waals surface area contributed by atoms with Gasteiger partial charge < -0.3 is 5.11 Å². The second-order valence-electron chi connectivity index (χ2n) is 2.85. The van der Waals surface area contributed by atoms with E-state index >= 15 is 0 Å². The fourth-order valence-corrected chi connectivity index (χ4v) is 1.91. The molecule has 0 atom stereocenters.